The van der Waals surface area contributed by atoms with Crippen molar-refractivity contribution >= 4 is 17.7 Å². The fraction of sp³-hybridized carbons (Fsp3) is 0.533. The second kappa shape index (κ2) is 6.21. The summed E-state index contributed by atoms with van der Waals surface area (Å²) in [6.07, 6.45) is 2.64. The number of aromatic nitrogens is 1. The van der Waals surface area contributed by atoms with Crippen LogP contribution in [0.1, 0.15) is 31.1 Å². The van der Waals surface area contributed by atoms with Crippen molar-refractivity contribution in [3.8, 4) is 0 Å². The van der Waals surface area contributed by atoms with Gasteiger partial charge in [0.05, 0.1) is 17.4 Å². The second-order valence-corrected chi connectivity index (χ2v) is 6.19. The third-order valence-corrected chi connectivity index (χ3v) is 3.27. The fourth-order valence-electron chi connectivity index (χ4n) is 2.19. The summed E-state index contributed by atoms with van der Waals surface area (Å²) in [5.74, 6) is -0.998. The minimum absolute atomic E-state index is 0.159. The minimum atomic E-state index is -0.998. The quantitative estimate of drug-likeness (QED) is 0.897. The monoisotopic (exact) mass is 307 g/mol. The Bertz CT molecular complexity index is 560. The van der Waals surface area contributed by atoms with E-state index in [9.17, 15) is 9.59 Å². The third kappa shape index (κ3) is 4.09. The Morgan fingerprint density at radius 3 is 2.36 bits per heavy atom. The number of carboxylic acid groups (broad SMARTS) is 1. The Balaban J connectivity index is 1.96. The van der Waals surface area contributed by atoms with E-state index < -0.39 is 11.6 Å². The minimum Gasteiger partial charge on any atom is -0.478 e. The van der Waals surface area contributed by atoms with Crippen molar-refractivity contribution in [2.75, 3.05) is 31.1 Å². The van der Waals surface area contributed by atoms with Gasteiger partial charge in [0, 0.05) is 32.4 Å². The van der Waals surface area contributed by atoms with E-state index in [1.165, 1.54) is 6.20 Å². The molecule has 1 aromatic heterocycles. The maximum atomic E-state index is 12.0. The molecule has 120 valence electrons. The van der Waals surface area contributed by atoms with Crippen LogP contribution in [-0.2, 0) is 4.74 Å². The van der Waals surface area contributed by atoms with Crippen molar-refractivity contribution in [2.45, 2.75) is 26.4 Å². The standard InChI is InChI=1S/C15H21N3O4/c1-15(2,3)22-14(21)18-6-4-17(5-7-18)12-8-11(13(19)20)9-16-10-12/h8-10H,4-7H2,1-3H3,(H,19,20). The summed E-state index contributed by atoms with van der Waals surface area (Å²) in [6, 6.07) is 1.60. The second-order valence-electron chi connectivity index (χ2n) is 6.19. The van der Waals surface area contributed by atoms with Gasteiger partial charge in [0.2, 0.25) is 0 Å². The van der Waals surface area contributed by atoms with Gasteiger partial charge in [-0.15, -0.1) is 0 Å². The van der Waals surface area contributed by atoms with Crippen molar-refractivity contribution in [2.24, 2.45) is 0 Å². The number of nitrogens with zero attached hydrogens (tertiary/aromatic N) is 3. The number of amides is 1. The number of carbonyl (C=O) groups is 2. The summed E-state index contributed by atoms with van der Waals surface area (Å²) < 4.78 is 5.35. The maximum absolute atomic E-state index is 12.0. The molecule has 22 heavy (non-hydrogen) atoms. The van der Waals surface area contributed by atoms with E-state index in [0.717, 1.165) is 5.69 Å². The molecule has 1 aliphatic heterocycles. The molecule has 0 unspecified atom stereocenters. The van der Waals surface area contributed by atoms with Crippen LogP contribution in [0.25, 0.3) is 0 Å². The predicted octanol–water partition coefficient (Wildman–Crippen LogP) is 1.84. The van der Waals surface area contributed by atoms with Gasteiger partial charge >= 0.3 is 12.1 Å². The molecule has 0 atom stereocenters. The molecule has 1 saturated heterocycles. The molecule has 2 rings (SSSR count). The lowest BCUT2D eigenvalue weighted by molar-refractivity contribution is 0.0240. The zero-order valence-corrected chi connectivity index (χ0v) is 13.1. The highest BCUT2D eigenvalue weighted by Gasteiger charge is 2.26. The first-order valence-corrected chi connectivity index (χ1v) is 7.17. The summed E-state index contributed by atoms with van der Waals surface area (Å²) in [7, 11) is 0. The summed E-state index contributed by atoms with van der Waals surface area (Å²) in [6.45, 7) is 7.81. The van der Waals surface area contributed by atoms with E-state index in [4.69, 9.17) is 9.84 Å². The first kappa shape index (κ1) is 16.1. The smallest absolute Gasteiger partial charge is 0.410 e. The van der Waals surface area contributed by atoms with Crippen molar-refractivity contribution in [1.82, 2.24) is 9.88 Å². The summed E-state index contributed by atoms with van der Waals surface area (Å²) >= 11 is 0. The lowest BCUT2D eigenvalue weighted by Crippen LogP contribution is -2.50. The highest BCUT2D eigenvalue weighted by molar-refractivity contribution is 5.88. The van der Waals surface area contributed by atoms with E-state index in [1.54, 1.807) is 17.2 Å². The van der Waals surface area contributed by atoms with Gasteiger partial charge in [-0.1, -0.05) is 0 Å². The maximum Gasteiger partial charge on any atom is 0.410 e. The molecule has 1 fully saturated rings. The molecule has 7 nitrogen and oxygen atoms in total. The van der Waals surface area contributed by atoms with E-state index in [0.29, 0.717) is 26.2 Å². The van der Waals surface area contributed by atoms with Crippen LogP contribution in [0.4, 0.5) is 10.5 Å². The van der Waals surface area contributed by atoms with Crippen LogP contribution >= 0.6 is 0 Å². The molecule has 0 aliphatic carbocycles. The normalized spacial score (nSPS) is 15.6. The molecule has 1 aromatic rings. The summed E-state index contributed by atoms with van der Waals surface area (Å²) in [5, 5.41) is 9.00. The average molecular weight is 307 g/mol. The van der Waals surface area contributed by atoms with Crippen LogP contribution in [0.3, 0.4) is 0 Å². The summed E-state index contributed by atoms with van der Waals surface area (Å²) in [5.41, 5.74) is 0.407. The van der Waals surface area contributed by atoms with E-state index >= 15 is 0 Å². The number of hydrogen-bond acceptors (Lipinski definition) is 5. The zero-order chi connectivity index (χ0) is 16.3. The lowest BCUT2D eigenvalue weighted by Gasteiger charge is -2.36. The number of aromatic carboxylic acids is 1. The van der Waals surface area contributed by atoms with Crippen molar-refractivity contribution < 1.29 is 19.4 Å². The van der Waals surface area contributed by atoms with Crippen molar-refractivity contribution in [3.63, 3.8) is 0 Å². The zero-order valence-electron chi connectivity index (χ0n) is 13.1. The SMILES string of the molecule is CC(C)(C)OC(=O)N1CCN(c2cncc(C(=O)O)c2)CC1. The Hall–Kier alpha value is -2.31. The number of piperazine rings is 1. The topological polar surface area (TPSA) is 83.0 Å². The van der Waals surface area contributed by atoms with Crippen LogP contribution < -0.4 is 4.90 Å². The van der Waals surface area contributed by atoms with E-state index in [-0.39, 0.29) is 11.7 Å². The fourth-order valence-corrected chi connectivity index (χ4v) is 2.19. The van der Waals surface area contributed by atoms with Gasteiger partial charge in [-0.05, 0) is 26.8 Å². The van der Waals surface area contributed by atoms with Gasteiger partial charge in [0.15, 0.2) is 0 Å². The molecular formula is C15H21N3O4. The number of carbonyl (C=O) groups excluding carboxylic acids is 1. The van der Waals surface area contributed by atoms with Gasteiger partial charge in [0.1, 0.15) is 5.60 Å². The summed E-state index contributed by atoms with van der Waals surface area (Å²) in [4.78, 5) is 30.6. The predicted molar refractivity (Wildman–Crippen MR) is 81.2 cm³/mol. The number of ether oxygens (including phenoxy) is 1. The largest absolute Gasteiger partial charge is 0.478 e. The van der Waals surface area contributed by atoms with Gasteiger partial charge < -0.3 is 19.6 Å². The van der Waals surface area contributed by atoms with Crippen LogP contribution in [0.15, 0.2) is 18.5 Å². The van der Waals surface area contributed by atoms with E-state index in [2.05, 4.69) is 4.98 Å². The molecule has 0 saturated carbocycles. The molecule has 1 N–H and O–H groups in total. The van der Waals surface area contributed by atoms with Gasteiger partial charge in [0.25, 0.3) is 0 Å². The molecule has 0 radical (unpaired) electrons. The Morgan fingerprint density at radius 2 is 1.82 bits per heavy atom. The van der Waals surface area contributed by atoms with Gasteiger partial charge in [-0.2, -0.15) is 0 Å². The highest BCUT2D eigenvalue weighted by atomic mass is 16.6. The molecule has 0 aromatic carbocycles. The number of rotatable bonds is 2. The van der Waals surface area contributed by atoms with Crippen molar-refractivity contribution in [1.29, 1.82) is 0 Å². The molecule has 0 bridgehead atoms. The van der Waals surface area contributed by atoms with E-state index in [1.807, 2.05) is 25.7 Å². The van der Waals surface area contributed by atoms with Gasteiger partial charge in [-0.3, -0.25) is 4.98 Å². The van der Waals surface area contributed by atoms with Crippen LogP contribution in [-0.4, -0.2) is 58.8 Å². The molecule has 1 aliphatic rings. The molecule has 0 spiro atoms. The number of hydrogen-bond donors (Lipinski definition) is 1. The number of carboxylic acids is 1. The molecule has 2 heterocycles. The van der Waals surface area contributed by atoms with Crippen LogP contribution in [0.5, 0.6) is 0 Å². The third-order valence-electron chi connectivity index (χ3n) is 3.27. The molecule has 7 heteroatoms. The molecule has 1 amide bonds. The number of anilines is 1. The average Bonchev–Trinajstić information content (AvgIpc) is 2.46. The Morgan fingerprint density at radius 1 is 1.18 bits per heavy atom. The van der Waals surface area contributed by atoms with Gasteiger partial charge in [-0.25, -0.2) is 9.59 Å². The highest BCUT2D eigenvalue weighted by Crippen LogP contribution is 2.18. The van der Waals surface area contributed by atoms with Crippen LogP contribution in [0.2, 0.25) is 0 Å². The first-order chi connectivity index (χ1) is 10.3. The lowest BCUT2D eigenvalue weighted by atomic mass is 10.2. The Labute approximate surface area is 129 Å². The Kier molecular flexibility index (Phi) is 4.54. The van der Waals surface area contributed by atoms with Crippen molar-refractivity contribution in [3.05, 3.63) is 24.0 Å². The molecular weight excluding hydrogens is 286 g/mol. The first-order valence-electron chi connectivity index (χ1n) is 7.17. The van der Waals surface area contributed by atoms with Crippen LogP contribution in [0, 0.1) is 0 Å². The number of pyridine rings is 1.